The molecular formula is C8H8BNO3. The average molecular weight is 177 g/mol. The van der Waals surface area contributed by atoms with Crippen LogP contribution in [0, 0.1) is 11.3 Å². The Morgan fingerprint density at radius 2 is 2.23 bits per heavy atom. The van der Waals surface area contributed by atoms with E-state index in [4.69, 9.17) is 20.0 Å². The Balaban J connectivity index is 2.75. The topological polar surface area (TPSA) is 73.5 Å². The monoisotopic (exact) mass is 177 g/mol. The summed E-state index contributed by atoms with van der Waals surface area (Å²) >= 11 is 0. The molecule has 0 unspecified atom stereocenters. The third-order valence-electron chi connectivity index (χ3n) is 1.46. The van der Waals surface area contributed by atoms with Gasteiger partial charge in [0, 0.05) is 0 Å². The molecular weight excluding hydrogens is 169 g/mol. The fraction of sp³-hybridized carbons (Fsp3) is 0.125. The van der Waals surface area contributed by atoms with Crippen molar-refractivity contribution in [3.8, 4) is 11.8 Å². The Morgan fingerprint density at radius 1 is 1.46 bits per heavy atom. The number of rotatable bonds is 3. The minimum absolute atomic E-state index is 0.0506. The van der Waals surface area contributed by atoms with E-state index in [1.54, 1.807) is 18.2 Å². The SMILES string of the molecule is N#CCOc1cccc(B(O)O)c1. The van der Waals surface area contributed by atoms with Crippen LogP contribution in [0.25, 0.3) is 0 Å². The molecule has 0 bridgehead atoms. The lowest BCUT2D eigenvalue weighted by Crippen LogP contribution is -2.29. The highest BCUT2D eigenvalue weighted by molar-refractivity contribution is 6.58. The molecule has 0 radical (unpaired) electrons. The maximum absolute atomic E-state index is 8.81. The van der Waals surface area contributed by atoms with Gasteiger partial charge in [-0.2, -0.15) is 5.26 Å². The molecule has 0 spiro atoms. The number of benzene rings is 1. The number of ether oxygens (including phenoxy) is 1. The third kappa shape index (κ3) is 2.78. The minimum Gasteiger partial charge on any atom is -0.479 e. The van der Waals surface area contributed by atoms with Gasteiger partial charge in [-0.3, -0.25) is 0 Å². The van der Waals surface area contributed by atoms with E-state index in [0.717, 1.165) is 0 Å². The third-order valence-corrected chi connectivity index (χ3v) is 1.46. The number of hydrogen-bond donors (Lipinski definition) is 2. The first-order valence-corrected chi connectivity index (χ1v) is 3.70. The molecule has 1 aromatic carbocycles. The summed E-state index contributed by atoms with van der Waals surface area (Å²) in [6, 6.07) is 8.12. The predicted octanol–water partition coefficient (Wildman–Crippen LogP) is -0.731. The smallest absolute Gasteiger partial charge is 0.479 e. The van der Waals surface area contributed by atoms with Crippen molar-refractivity contribution in [2.24, 2.45) is 0 Å². The van der Waals surface area contributed by atoms with Crippen molar-refractivity contribution < 1.29 is 14.8 Å². The standard InChI is InChI=1S/C8H8BNO3/c10-4-5-13-8-3-1-2-7(6-8)9(11)12/h1-3,6,11-12H,5H2. The molecule has 66 valence electrons. The highest BCUT2D eigenvalue weighted by atomic mass is 16.5. The summed E-state index contributed by atoms with van der Waals surface area (Å²) in [5.41, 5.74) is 0.343. The molecule has 0 aliphatic heterocycles. The molecule has 0 aliphatic carbocycles. The van der Waals surface area contributed by atoms with Crippen molar-refractivity contribution in [2.45, 2.75) is 0 Å². The van der Waals surface area contributed by atoms with Crippen LogP contribution in [0.2, 0.25) is 0 Å². The highest BCUT2D eigenvalue weighted by Gasteiger charge is 2.10. The predicted molar refractivity (Wildman–Crippen MR) is 47.4 cm³/mol. The molecule has 2 N–H and O–H groups in total. The molecule has 0 aromatic heterocycles. The second-order valence-corrected chi connectivity index (χ2v) is 2.39. The quantitative estimate of drug-likeness (QED) is 0.596. The molecule has 1 aromatic rings. The highest BCUT2D eigenvalue weighted by Crippen LogP contribution is 2.06. The van der Waals surface area contributed by atoms with Crippen LogP contribution >= 0.6 is 0 Å². The summed E-state index contributed by atoms with van der Waals surface area (Å²) in [7, 11) is -1.51. The van der Waals surface area contributed by atoms with Crippen LogP contribution in [0.3, 0.4) is 0 Å². The van der Waals surface area contributed by atoms with Crippen molar-refractivity contribution in [1.82, 2.24) is 0 Å². The van der Waals surface area contributed by atoms with Gasteiger partial charge in [-0.25, -0.2) is 0 Å². The Labute approximate surface area is 76.1 Å². The Kier molecular flexibility index (Phi) is 3.32. The summed E-state index contributed by atoms with van der Waals surface area (Å²) in [4.78, 5) is 0. The lowest BCUT2D eigenvalue weighted by atomic mass is 9.80. The molecule has 0 amide bonds. The van der Waals surface area contributed by atoms with Gasteiger partial charge < -0.3 is 14.8 Å². The average Bonchev–Trinajstić information content (AvgIpc) is 2.15. The van der Waals surface area contributed by atoms with E-state index < -0.39 is 7.12 Å². The van der Waals surface area contributed by atoms with Crippen molar-refractivity contribution in [3.05, 3.63) is 24.3 Å². The van der Waals surface area contributed by atoms with Gasteiger partial charge >= 0.3 is 7.12 Å². The van der Waals surface area contributed by atoms with Crippen molar-refractivity contribution >= 4 is 12.6 Å². The van der Waals surface area contributed by atoms with Crippen LogP contribution in [0.4, 0.5) is 0 Å². The van der Waals surface area contributed by atoms with Crippen molar-refractivity contribution in [2.75, 3.05) is 6.61 Å². The minimum atomic E-state index is -1.51. The van der Waals surface area contributed by atoms with E-state index in [0.29, 0.717) is 11.2 Å². The molecule has 0 saturated carbocycles. The van der Waals surface area contributed by atoms with Crippen molar-refractivity contribution in [1.29, 1.82) is 5.26 Å². The second kappa shape index (κ2) is 4.50. The summed E-state index contributed by atoms with van der Waals surface area (Å²) < 4.78 is 4.96. The van der Waals surface area contributed by atoms with Crippen LogP contribution in [0.1, 0.15) is 0 Å². The zero-order valence-corrected chi connectivity index (χ0v) is 6.84. The van der Waals surface area contributed by atoms with Gasteiger partial charge in [-0.05, 0) is 17.6 Å². The number of nitrogens with zero attached hydrogens (tertiary/aromatic N) is 1. The summed E-state index contributed by atoms with van der Waals surface area (Å²) in [6.45, 7) is -0.0506. The van der Waals surface area contributed by atoms with Gasteiger partial charge in [0.25, 0.3) is 0 Å². The molecule has 0 fully saturated rings. The zero-order chi connectivity index (χ0) is 9.68. The van der Waals surface area contributed by atoms with Gasteiger partial charge in [0.05, 0.1) is 0 Å². The Hall–Kier alpha value is -1.51. The van der Waals surface area contributed by atoms with E-state index in [2.05, 4.69) is 0 Å². The first kappa shape index (κ1) is 9.58. The van der Waals surface area contributed by atoms with E-state index in [1.807, 2.05) is 6.07 Å². The first-order chi connectivity index (χ1) is 6.24. The summed E-state index contributed by atoms with van der Waals surface area (Å²) in [5.74, 6) is 0.451. The molecule has 13 heavy (non-hydrogen) atoms. The number of nitriles is 1. The normalized spacial score (nSPS) is 9.00. The fourth-order valence-electron chi connectivity index (χ4n) is 0.881. The Morgan fingerprint density at radius 3 is 2.85 bits per heavy atom. The molecule has 0 aliphatic rings. The first-order valence-electron chi connectivity index (χ1n) is 3.70. The summed E-state index contributed by atoms with van der Waals surface area (Å²) in [5, 5.41) is 25.8. The largest absolute Gasteiger partial charge is 0.488 e. The van der Waals surface area contributed by atoms with Gasteiger partial charge in [0.1, 0.15) is 11.8 Å². The van der Waals surface area contributed by atoms with E-state index in [-0.39, 0.29) is 6.61 Å². The van der Waals surface area contributed by atoms with Crippen LogP contribution in [-0.2, 0) is 0 Å². The van der Waals surface area contributed by atoms with Crippen LogP contribution < -0.4 is 10.2 Å². The molecule has 0 atom stereocenters. The van der Waals surface area contributed by atoms with Gasteiger partial charge in [0.15, 0.2) is 6.61 Å². The van der Waals surface area contributed by atoms with Gasteiger partial charge in [-0.15, -0.1) is 0 Å². The maximum atomic E-state index is 8.81. The Bertz CT molecular complexity index is 321. The fourth-order valence-corrected chi connectivity index (χ4v) is 0.881. The zero-order valence-electron chi connectivity index (χ0n) is 6.84. The van der Waals surface area contributed by atoms with Crippen LogP contribution in [-0.4, -0.2) is 23.8 Å². The molecule has 4 nitrogen and oxygen atoms in total. The van der Waals surface area contributed by atoms with Crippen LogP contribution in [0.5, 0.6) is 5.75 Å². The number of hydrogen-bond acceptors (Lipinski definition) is 4. The van der Waals surface area contributed by atoms with Gasteiger partial charge in [0.2, 0.25) is 0 Å². The lowest BCUT2D eigenvalue weighted by molar-refractivity contribution is 0.368. The van der Waals surface area contributed by atoms with Gasteiger partial charge in [-0.1, -0.05) is 12.1 Å². The maximum Gasteiger partial charge on any atom is 0.488 e. The molecule has 0 saturated heterocycles. The second-order valence-electron chi connectivity index (χ2n) is 2.39. The molecule has 0 heterocycles. The molecule has 5 heteroatoms. The lowest BCUT2D eigenvalue weighted by Gasteiger charge is -2.03. The van der Waals surface area contributed by atoms with E-state index in [1.165, 1.54) is 6.07 Å². The molecule has 1 rings (SSSR count). The van der Waals surface area contributed by atoms with Crippen LogP contribution in [0.15, 0.2) is 24.3 Å². The van der Waals surface area contributed by atoms with Crippen molar-refractivity contribution in [3.63, 3.8) is 0 Å². The van der Waals surface area contributed by atoms with E-state index >= 15 is 0 Å². The summed E-state index contributed by atoms with van der Waals surface area (Å²) in [6.07, 6.45) is 0. The van der Waals surface area contributed by atoms with E-state index in [9.17, 15) is 0 Å².